The highest BCUT2D eigenvalue weighted by Gasteiger charge is 2.26. The molecule has 0 aromatic heterocycles. The molecule has 0 spiro atoms. The molecule has 0 bridgehead atoms. The normalized spacial score (nSPS) is 11.9. The Hall–Kier alpha value is -5.84. The summed E-state index contributed by atoms with van der Waals surface area (Å²) in [5, 5.41) is 9.65. The van der Waals surface area contributed by atoms with Gasteiger partial charge in [0.1, 0.15) is 30.2 Å². The monoisotopic (exact) mass is 693 g/mol. The van der Waals surface area contributed by atoms with E-state index in [9.17, 15) is 14.4 Å². The second kappa shape index (κ2) is 19.4. The highest BCUT2D eigenvalue weighted by atomic mass is 16.5. The minimum Gasteiger partial charge on any atom is -0.493 e. The highest BCUT2D eigenvalue weighted by molar-refractivity contribution is 6.09. The largest absolute Gasteiger partial charge is 0.493 e. The van der Waals surface area contributed by atoms with Crippen LogP contribution in [-0.4, -0.2) is 62.7 Å². The van der Waals surface area contributed by atoms with Crippen molar-refractivity contribution in [2.24, 2.45) is 16.5 Å². The minimum absolute atomic E-state index is 0.0143. The molecule has 6 N–H and O–H groups in total. The minimum atomic E-state index is -0.921. The van der Waals surface area contributed by atoms with Gasteiger partial charge in [0.2, 0.25) is 11.8 Å². The van der Waals surface area contributed by atoms with Gasteiger partial charge in [0, 0.05) is 24.1 Å². The van der Waals surface area contributed by atoms with Gasteiger partial charge in [-0.2, -0.15) is 0 Å². The first-order chi connectivity index (χ1) is 24.8. The van der Waals surface area contributed by atoms with Crippen molar-refractivity contribution in [2.75, 3.05) is 26.9 Å². The van der Waals surface area contributed by atoms with Crippen molar-refractivity contribution >= 4 is 45.3 Å². The Morgan fingerprint density at radius 2 is 1.41 bits per heavy atom. The second-order valence-corrected chi connectivity index (χ2v) is 11.9. The lowest BCUT2D eigenvalue weighted by Gasteiger charge is -2.22. The molecule has 11 nitrogen and oxygen atoms in total. The van der Waals surface area contributed by atoms with Gasteiger partial charge < -0.3 is 36.3 Å². The summed E-state index contributed by atoms with van der Waals surface area (Å²) in [4.78, 5) is 42.6. The Balaban J connectivity index is 1.50. The summed E-state index contributed by atoms with van der Waals surface area (Å²) in [6, 6.07) is 22.4. The Morgan fingerprint density at radius 1 is 0.784 bits per heavy atom. The molecule has 4 aromatic rings. The number of benzene rings is 4. The van der Waals surface area contributed by atoms with Gasteiger partial charge in [-0.3, -0.25) is 14.6 Å². The van der Waals surface area contributed by atoms with Crippen LogP contribution in [0.4, 0.5) is 0 Å². The molecule has 0 fully saturated rings. The third kappa shape index (κ3) is 10.6. The number of hydrogen-bond acceptors (Lipinski definition) is 7. The molecule has 0 heterocycles. The van der Waals surface area contributed by atoms with Gasteiger partial charge in [-0.15, -0.1) is 6.58 Å². The van der Waals surface area contributed by atoms with Gasteiger partial charge >= 0.3 is 5.97 Å². The molecule has 2 amide bonds. The maximum atomic E-state index is 13.3. The number of nitrogens with one attached hydrogen (secondary N) is 2. The Labute approximate surface area is 298 Å². The second-order valence-electron chi connectivity index (χ2n) is 11.9. The lowest BCUT2D eigenvalue weighted by Crippen LogP contribution is -2.51. The summed E-state index contributed by atoms with van der Waals surface area (Å²) in [6.45, 7) is 8.44. The Morgan fingerprint density at radius 3 is 2.00 bits per heavy atom. The molecule has 51 heavy (non-hydrogen) atoms. The molecule has 0 aliphatic rings. The number of carbonyl (C=O) groups is 3. The van der Waals surface area contributed by atoms with Crippen LogP contribution in [0.2, 0.25) is 0 Å². The highest BCUT2D eigenvalue weighted by Crippen LogP contribution is 2.45. The van der Waals surface area contributed by atoms with E-state index in [2.05, 4.69) is 53.0 Å². The van der Waals surface area contributed by atoms with Crippen molar-refractivity contribution in [1.29, 1.82) is 0 Å². The van der Waals surface area contributed by atoms with Crippen molar-refractivity contribution in [2.45, 2.75) is 50.6 Å². The van der Waals surface area contributed by atoms with Crippen LogP contribution in [-0.2, 0) is 19.1 Å². The molecule has 0 aliphatic heterocycles. The van der Waals surface area contributed by atoms with Crippen molar-refractivity contribution in [3.63, 3.8) is 0 Å². The Bertz CT molecular complexity index is 1870. The molecule has 4 rings (SSSR count). The van der Waals surface area contributed by atoms with Crippen molar-refractivity contribution in [3.8, 4) is 22.6 Å². The zero-order valence-electron chi connectivity index (χ0n) is 29.1. The zero-order chi connectivity index (χ0) is 36.6. The van der Waals surface area contributed by atoms with E-state index in [-0.39, 0.29) is 31.3 Å². The van der Waals surface area contributed by atoms with E-state index in [1.165, 1.54) is 13.2 Å². The molecule has 0 saturated carbocycles. The van der Waals surface area contributed by atoms with Gasteiger partial charge in [-0.25, -0.2) is 4.79 Å². The molecule has 11 heteroatoms. The first kappa shape index (κ1) is 38.0. The van der Waals surface area contributed by atoms with Gasteiger partial charge in [0.05, 0.1) is 13.7 Å². The standard InChI is InChI=1S/C40H47N5O6/c1-4-13-32(39(48)49-3)45-38(47)31(18-10-11-24-43-40(41)42)44-35(46)19-12-26-51-34-23-21-28-15-7-9-17-30(28)37(34)36-29-16-8-6-14-27(29)20-22-33(36)50-25-5-2/h4-9,14-17,20-23,31-32H,1-2,10-13,18-19,24-26H2,3H3,(H,44,46)(H,45,47)(H4,41,42,43)/t31-,32+/m1/s1. The number of nitrogens with two attached hydrogens (primary N) is 2. The molecule has 0 aliphatic carbocycles. The van der Waals surface area contributed by atoms with Gasteiger partial charge in [0.15, 0.2) is 5.96 Å². The van der Waals surface area contributed by atoms with Crippen LogP contribution < -0.4 is 31.6 Å². The topological polar surface area (TPSA) is 167 Å². The summed E-state index contributed by atoms with van der Waals surface area (Å²) < 4.78 is 17.4. The average molecular weight is 694 g/mol. The van der Waals surface area contributed by atoms with Crippen LogP contribution >= 0.6 is 0 Å². The van der Waals surface area contributed by atoms with Crippen LogP contribution in [0.25, 0.3) is 32.7 Å². The molecule has 0 saturated heterocycles. The SMILES string of the molecule is C=CCOc1ccc2ccccc2c1-c1c(OCCCC(=O)N[C@H](CCCCN=C(N)N)C(=O)N[C@@H](CC=C)C(=O)OC)ccc2ccccc12. The van der Waals surface area contributed by atoms with E-state index in [1.54, 1.807) is 6.08 Å². The fourth-order valence-electron chi connectivity index (χ4n) is 5.82. The number of ether oxygens (including phenoxy) is 3. The van der Waals surface area contributed by atoms with E-state index < -0.39 is 24.0 Å². The van der Waals surface area contributed by atoms with Gasteiger partial charge in [0.25, 0.3) is 0 Å². The molecule has 4 aromatic carbocycles. The maximum absolute atomic E-state index is 13.3. The predicted octanol–water partition coefficient (Wildman–Crippen LogP) is 5.55. The Kier molecular flexibility index (Phi) is 14.4. The van der Waals surface area contributed by atoms with Crippen LogP contribution in [0.15, 0.2) is 103 Å². The number of guanidine groups is 1. The quantitative estimate of drug-likeness (QED) is 0.0308. The molecule has 2 atom stereocenters. The molecule has 268 valence electrons. The summed E-state index contributed by atoms with van der Waals surface area (Å²) in [6.07, 6.45) is 5.37. The number of nitrogens with zero attached hydrogens (tertiary/aromatic N) is 1. The summed E-state index contributed by atoms with van der Waals surface area (Å²) in [5.41, 5.74) is 12.6. The number of carbonyl (C=O) groups excluding carboxylic acids is 3. The molecule has 0 radical (unpaired) electrons. The van der Waals surface area contributed by atoms with Crippen LogP contribution in [0, 0.1) is 0 Å². The zero-order valence-corrected chi connectivity index (χ0v) is 29.1. The molecule has 0 unspecified atom stereocenters. The molecular formula is C40H47N5O6. The first-order valence-electron chi connectivity index (χ1n) is 17.0. The summed E-state index contributed by atoms with van der Waals surface area (Å²) >= 11 is 0. The van der Waals surface area contributed by atoms with E-state index in [0.29, 0.717) is 50.3 Å². The predicted molar refractivity (Wildman–Crippen MR) is 203 cm³/mol. The number of aliphatic imine (C=N–C) groups is 1. The number of rotatable bonds is 20. The fourth-order valence-corrected chi connectivity index (χ4v) is 5.82. The number of fused-ring (bicyclic) bond motifs is 2. The fraction of sp³-hybridized carbons (Fsp3) is 0.300. The van der Waals surface area contributed by atoms with Crippen molar-refractivity contribution in [3.05, 3.63) is 98.1 Å². The number of methoxy groups -OCH3 is 1. The summed E-state index contributed by atoms with van der Waals surface area (Å²) in [5.74, 6) is -0.0747. The van der Waals surface area contributed by atoms with E-state index in [0.717, 1.165) is 32.7 Å². The number of hydrogen-bond donors (Lipinski definition) is 4. The van der Waals surface area contributed by atoms with E-state index in [1.807, 2.05) is 48.5 Å². The number of esters is 1. The third-order valence-electron chi connectivity index (χ3n) is 8.25. The lowest BCUT2D eigenvalue weighted by atomic mass is 9.92. The average Bonchev–Trinajstić information content (AvgIpc) is 3.14. The van der Waals surface area contributed by atoms with Gasteiger partial charge in [-0.1, -0.05) is 79.4 Å². The number of unbranched alkanes of at least 4 members (excludes halogenated alkanes) is 1. The smallest absolute Gasteiger partial charge is 0.328 e. The van der Waals surface area contributed by atoms with Crippen molar-refractivity contribution < 1.29 is 28.6 Å². The third-order valence-corrected chi connectivity index (χ3v) is 8.25. The van der Waals surface area contributed by atoms with Crippen LogP contribution in [0.3, 0.4) is 0 Å². The van der Waals surface area contributed by atoms with E-state index in [4.69, 9.17) is 25.7 Å². The summed E-state index contributed by atoms with van der Waals surface area (Å²) in [7, 11) is 1.24. The lowest BCUT2D eigenvalue weighted by molar-refractivity contribution is -0.145. The van der Waals surface area contributed by atoms with Gasteiger partial charge in [-0.05, 0) is 65.8 Å². The van der Waals surface area contributed by atoms with Crippen LogP contribution in [0.1, 0.15) is 38.5 Å². The van der Waals surface area contributed by atoms with Crippen LogP contribution in [0.5, 0.6) is 11.5 Å². The van der Waals surface area contributed by atoms with E-state index >= 15 is 0 Å². The maximum Gasteiger partial charge on any atom is 0.328 e. The molecular weight excluding hydrogens is 646 g/mol. The number of amides is 2. The first-order valence-corrected chi connectivity index (χ1v) is 17.0. The van der Waals surface area contributed by atoms with Crippen molar-refractivity contribution in [1.82, 2.24) is 10.6 Å².